The maximum atomic E-state index is 13.3. The summed E-state index contributed by atoms with van der Waals surface area (Å²) >= 11 is 6.21. The molecule has 2 aromatic rings. The summed E-state index contributed by atoms with van der Waals surface area (Å²) in [6.45, 7) is 1.73. The van der Waals surface area contributed by atoms with Crippen LogP contribution in [-0.4, -0.2) is 34.5 Å². The van der Waals surface area contributed by atoms with Gasteiger partial charge in [0, 0.05) is 5.02 Å². The number of rotatable bonds is 6. The first-order chi connectivity index (χ1) is 12.5. The predicted octanol–water partition coefficient (Wildman–Crippen LogP) is 3.59. The molecule has 2 aromatic carbocycles. The number of anilines is 1. The normalized spacial score (nSPS) is 17.6. The number of aliphatic carboxylic acids is 1. The molecule has 5 nitrogen and oxygen atoms in total. The molecule has 0 aliphatic carbocycles. The SMILES string of the molecule is Cc1ccc(S(=O)N2c3ccccc3CCC2COCC(=O)O)cc1Cl. The first-order valence-corrected chi connectivity index (χ1v) is 9.80. The zero-order valence-electron chi connectivity index (χ0n) is 14.4. The number of carboxylic acids is 1. The summed E-state index contributed by atoms with van der Waals surface area (Å²) in [5.74, 6) is -1.01. The quantitative estimate of drug-likeness (QED) is 0.814. The van der Waals surface area contributed by atoms with Crippen LogP contribution in [0.3, 0.4) is 0 Å². The molecular weight excluding hydrogens is 374 g/mol. The van der Waals surface area contributed by atoms with E-state index in [-0.39, 0.29) is 19.3 Å². The van der Waals surface area contributed by atoms with E-state index in [9.17, 15) is 9.00 Å². The van der Waals surface area contributed by atoms with Gasteiger partial charge in [-0.25, -0.2) is 9.00 Å². The van der Waals surface area contributed by atoms with Crippen molar-refractivity contribution in [2.24, 2.45) is 0 Å². The molecule has 0 spiro atoms. The number of halogens is 1. The van der Waals surface area contributed by atoms with Crippen LogP contribution in [0.1, 0.15) is 17.5 Å². The Morgan fingerprint density at radius 2 is 2.12 bits per heavy atom. The summed E-state index contributed by atoms with van der Waals surface area (Å²) in [5, 5.41) is 9.37. The minimum atomic E-state index is -1.47. The van der Waals surface area contributed by atoms with Crippen molar-refractivity contribution in [3.63, 3.8) is 0 Å². The van der Waals surface area contributed by atoms with Gasteiger partial charge in [-0.2, -0.15) is 0 Å². The highest BCUT2D eigenvalue weighted by atomic mass is 35.5. The van der Waals surface area contributed by atoms with Crippen molar-refractivity contribution in [1.82, 2.24) is 0 Å². The van der Waals surface area contributed by atoms with Crippen LogP contribution in [0.25, 0.3) is 0 Å². The summed E-state index contributed by atoms with van der Waals surface area (Å²) in [4.78, 5) is 11.3. The van der Waals surface area contributed by atoms with Gasteiger partial charge in [0.15, 0.2) is 11.0 Å². The Kier molecular flexibility index (Phi) is 5.96. The zero-order valence-corrected chi connectivity index (χ0v) is 15.9. The number of hydrogen-bond donors (Lipinski definition) is 1. The van der Waals surface area contributed by atoms with Gasteiger partial charge in [0.05, 0.1) is 23.2 Å². The minimum Gasteiger partial charge on any atom is -0.480 e. The summed E-state index contributed by atoms with van der Waals surface area (Å²) in [6.07, 6.45) is 1.57. The molecular formula is C19H20ClNO4S. The van der Waals surface area contributed by atoms with Crippen LogP contribution < -0.4 is 4.31 Å². The molecule has 1 aliphatic rings. The molecule has 0 bridgehead atoms. The van der Waals surface area contributed by atoms with Crippen molar-refractivity contribution in [3.05, 3.63) is 58.6 Å². The largest absolute Gasteiger partial charge is 0.480 e. The van der Waals surface area contributed by atoms with Crippen molar-refractivity contribution < 1.29 is 18.8 Å². The fourth-order valence-corrected chi connectivity index (χ4v) is 4.70. The van der Waals surface area contributed by atoms with Crippen molar-refractivity contribution in [2.75, 3.05) is 17.5 Å². The Bertz CT molecular complexity index is 842. The topological polar surface area (TPSA) is 66.8 Å². The molecule has 7 heteroatoms. The molecule has 0 fully saturated rings. The summed E-state index contributed by atoms with van der Waals surface area (Å²) in [7, 11) is -1.47. The van der Waals surface area contributed by atoms with Crippen LogP contribution in [0.4, 0.5) is 5.69 Å². The number of aryl methyl sites for hydroxylation is 2. The lowest BCUT2D eigenvalue weighted by Crippen LogP contribution is -2.43. The smallest absolute Gasteiger partial charge is 0.329 e. The molecule has 0 aromatic heterocycles. The number of para-hydroxylation sites is 1. The van der Waals surface area contributed by atoms with E-state index < -0.39 is 17.0 Å². The van der Waals surface area contributed by atoms with Crippen LogP contribution in [0, 0.1) is 6.92 Å². The Balaban J connectivity index is 1.92. The second-order valence-corrected chi connectivity index (χ2v) is 7.99. The third-order valence-corrected chi connectivity index (χ3v) is 6.28. The summed E-state index contributed by atoms with van der Waals surface area (Å²) < 4.78 is 20.5. The Hall–Kier alpha value is -1.89. The number of carboxylic acid groups (broad SMARTS) is 1. The Morgan fingerprint density at radius 3 is 2.85 bits per heavy atom. The molecule has 1 heterocycles. The lowest BCUT2D eigenvalue weighted by molar-refractivity contribution is -0.142. The predicted molar refractivity (Wildman–Crippen MR) is 102 cm³/mol. The maximum Gasteiger partial charge on any atom is 0.329 e. The number of carbonyl (C=O) groups is 1. The molecule has 0 amide bonds. The van der Waals surface area contributed by atoms with Gasteiger partial charge < -0.3 is 9.84 Å². The van der Waals surface area contributed by atoms with Gasteiger partial charge in [-0.05, 0) is 49.1 Å². The standard InChI is InChI=1S/C19H20ClNO4S/c1-13-6-9-16(10-17(13)20)26(24)21-15(11-25-12-19(22)23)8-7-14-4-2-3-5-18(14)21/h2-6,9-10,15H,7-8,11-12H2,1H3,(H,22,23). The van der Waals surface area contributed by atoms with Gasteiger partial charge in [-0.3, -0.25) is 4.31 Å². The zero-order chi connectivity index (χ0) is 18.7. The van der Waals surface area contributed by atoms with Crippen LogP contribution in [-0.2, 0) is 26.9 Å². The highest BCUT2D eigenvalue weighted by molar-refractivity contribution is 7.86. The number of ether oxygens (including phenoxy) is 1. The lowest BCUT2D eigenvalue weighted by Gasteiger charge is -2.37. The third-order valence-electron chi connectivity index (χ3n) is 4.37. The number of nitrogens with zero attached hydrogens (tertiary/aromatic N) is 1. The molecule has 138 valence electrons. The fraction of sp³-hybridized carbons (Fsp3) is 0.316. The Labute approximate surface area is 160 Å². The van der Waals surface area contributed by atoms with Crippen LogP contribution in [0.2, 0.25) is 5.02 Å². The summed E-state index contributed by atoms with van der Waals surface area (Å²) in [5.41, 5.74) is 2.93. The number of benzene rings is 2. The first kappa shape index (κ1) is 18.9. The molecule has 0 saturated carbocycles. The molecule has 1 N–H and O–H groups in total. The number of fused-ring (bicyclic) bond motifs is 1. The monoisotopic (exact) mass is 393 g/mol. The number of hydrogen-bond acceptors (Lipinski definition) is 3. The lowest BCUT2D eigenvalue weighted by atomic mass is 9.98. The van der Waals surface area contributed by atoms with Gasteiger partial charge in [0.25, 0.3) is 0 Å². The van der Waals surface area contributed by atoms with Crippen LogP contribution in [0.5, 0.6) is 0 Å². The average molecular weight is 394 g/mol. The van der Waals surface area contributed by atoms with Crippen molar-refractivity contribution in [2.45, 2.75) is 30.7 Å². The Morgan fingerprint density at radius 1 is 1.35 bits per heavy atom. The molecule has 0 saturated heterocycles. The van der Waals surface area contributed by atoms with E-state index in [0.717, 1.165) is 29.7 Å². The fourth-order valence-electron chi connectivity index (χ4n) is 3.03. The summed E-state index contributed by atoms with van der Waals surface area (Å²) in [6, 6.07) is 13.0. The molecule has 2 unspecified atom stereocenters. The van der Waals surface area contributed by atoms with Gasteiger partial charge in [0.1, 0.15) is 6.61 Å². The van der Waals surface area contributed by atoms with Gasteiger partial charge in [-0.1, -0.05) is 35.9 Å². The third kappa shape index (κ3) is 4.09. The van der Waals surface area contributed by atoms with Crippen molar-refractivity contribution in [1.29, 1.82) is 0 Å². The van der Waals surface area contributed by atoms with Gasteiger partial charge in [0.2, 0.25) is 0 Å². The van der Waals surface area contributed by atoms with E-state index in [0.29, 0.717) is 9.92 Å². The second-order valence-electron chi connectivity index (χ2n) is 6.22. The van der Waals surface area contributed by atoms with Crippen molar-refractivity contribution >= 4 is 34.2 Å². The molecule has 0 radical (unpaired) electrons. The van der Waals surface area contributed by atoms with Crippen LogP contribution in [0.15, 0.2) is 47.4 Å². The van der Waals surface area contributed by atoms with Crippen molar-refractivity contribution in [3.8, 4) is 0 Å². The van der Waals surface area contributed by atoms with E-state index in [1.807, 2.05) is 47.6 Å². The van der Waals surface area contributed by atoms with Gasteiger partial charge in [-0.15, -0.1) is 0 Å². The van der Waals surface area contributed by atoms with E-state index >= 15 is 0 Å². The highest BCUT2D eigenvalue weighted by Gasteiger charge is 2.31. The maximum absolute atomic E-state index is 13.3. The average Bonchev–Trinajstić information content (AvgIpc) is 2.63. The molecule has 2 atom stereocenters. The first-order valence-electron chi connectivity index (χ1n) is 8.32. The van der Waals surface area contributed by atoms with E-state index in [4.69, 9.17) is 21.4 Å². The van der Waals surface area contributed by atoms with E-state index in [1.54, 1.807) is 6.07 Å². The van der Waals surface area contributed by atoms with Gasteiger partial charge >= 0.3 is 5.97 Å². The van der Waals surface area contributed by atoms with E-state index in [2.05, 4.69) is 0 Å². The van der Waals surface area contributed by atoms with E-state index in [1.165, 1.54) is 0 Å². The second kappa shape index (κ2) is 8.20. The molecule has 3 rings (SSSR count). The molecule has 1 aliphatic heterocycles. The van der Waals surface area contributed by atoms with Crippen LogP contribution >= 0.6 is 11.6 Å². The minimum absolute atomic E-state index is 0.176. The highest BCUT2D eigenvalue weighted by Crippen LogP contribution is 2.34. The molecule has 26 heavy (non-hydrogen) atoms.